The number of amides is 1. The highest BCUT2D eigenvalue weighted by Gasteiger charge is 2.21. The van der Waals surface area contributed by atoms with Gasteiger partial charge in [0.15, 0.2) is 0 Å². The lowest BCUT2D eigenvalue weighted by molar-refractivity contribution is 0.0950. The number of carbonyl (C=O) groups excluding carboxylic acids is 1. The van der Waals surface area contributed by atoms with Crippen LogP contribution in [0.25, 0.3) is 11.1 Å². The van der Waals surface area contributed by atoms with Crippen LogP contribution in [-0.2, 0) is 6.54 Å². The number of nitrogens with one attached hydrogen (secondary N) is 4. The Labute approximate surface area is 236 Å². The van der Waals surface area contributed by atoms with Crippen LogP contribution in [0.4, 0.5) is 5.69 Å². The van der Waals surface area contributed by atoms with Crippen LogP contribution in [0.3, 0.4) is 0 Å². The van der Waals surface area contributed by atoms with Gasteiger partial charge in [-0.3, -0.25) is 9.59 Å². The summed E-state index contributed by atoms with van der Waals surface area (Å²) < 4.78 is 5.90. The molecule has 4 rings (SSSR count). The van der Waals surface area contributed by atoms with Gasteiger partial charge < -0.3 is 30.7 Å². The van der Waals surface area contributed by atoms with Gasteiger partial charge in [0.1, 0.15) is 5.75 Å². The van der Waals surface area contributed by atoms with E-state index in [4.69, 9.17) is 10.1 Å². The van der Waals surface area contributed by atoms with Crippen molar-refractivity contribution in [1.82, 2.24) is 15.2 Å². The largest absolute Gasteiger partial charge is 0.494 e. The first kappa shape index (κ1) is 29.1. The predicted octanol–water partition coefficient (Wildman–Crippen LogP) is 5.27. The summed E-state index contributed by atoms with van der Waals surface area (Å²) in [5.41, 5.74) is 5.48. The molecule has 1 aliphatic rings. The summed E-state index contributed by atoms with van der Waals surface area (Å²) in [7, 11) is 4.10. The molecule has 8 nitrogen and oxygen atoms in total. The number of carbonyl (C=O) groups is 1. The molecule has 1 fully saturated rings. The molecule has 1 amide bonds. The van der Waals surface area contributed by atoms with Crippen molar-refractivity contribution in [3.8, 4) is 16.9 Å². The second-order valence-corrected chi connectivity index (χ2v) is 10.9. The fourth-order valence-corrected chi connectivity index (χ4v) is 5.25. The van der Waals surface area contributed by atoms with Crippen molar-refractivity contribution in [2.45, 2.75) is 58.5 Å². The number of H-pyrrole nitrogens is 1. The maximum absolute atomic E-state index is 13.5. The number of aryl methyl sites for hydroxylation is 2. The smallest absolute Gasteiger partial charge is 0.253 e. The van der Waals surface area contributed by atoms with E-state index in [0.29, 0.717) is 29.3 Å². The minimum absolute atomic E-state index is 0.104. The van der Waals surface area contributed by atoms with Gasteiger partial charge in [-0.25, -0.2) is 0 Å². The molecule has 0 atom stereocenters. The van der Waals surface area contributed by atoms with Crippen molar-refractivity contribution >= 4 is 17.8 Å². The molecule has 0 unspecified atom stereocenters. The number of hydrogen-bond donors (Lipinski definition) is 4. The Morgan fingerprint density at radius 2 is 1.82 bits per heavy atom. The van der Waals surface area contributed by atoms with E-state index in [9.17, 15) is 9.59 Å². The Bertz CT molecular complexity index is 1390. The van der Waals surface area contributed by atoms with Gasteiger partial charge in [-0.2, -0.15) is 0 Å². The van der Waals surface area contributed by atoms with Crippen LogP contribution in [-0.4, -0.2) is 55.3 Å². The number of ether oxygens (including phenoxy) is 1. The van der Waals surface area contributed by atoms with Crippen molar-refractivity contribution in [2.75, 3.05) is 32.6 Å². The third-order valence-electron chi connectivity index (χ3n) is 7.41. The summed E-state index contributed by atoms with van der Waals surface area (Å²) in [5.74, 6) is 0.481. The molecule has 0 bridgehead atoms. The molecule has 1 aromatic heterocycles. The summed E-state index contributed by atoms with van der Waals surface area (Å²) in [5, 5.41) is 14.7. The number of aromatic nitrogens is 1. The number of benzene rings is 2. The molecule has 3 aromatic rings. The normalized spacial score (nSPS) is 13.4. The molecule has 1 saturated carbocycles. The third kappa shape index (κ3) is 7.39. The monoisotopic (exact) mass is 543 g/mol. The zero-order valence-electron chi connectivity index (χ0n) is 24.0. The Morgan fingerprint density at radius 1 is 1.10 bits per heavy atom. The maximum atomic E-state index is 13.5. The first-order valence-corrected chi connectivity index (χ1v) is 14.1. The molecule has 8 heteroatoms. The second kappa shape index (κ2) is 13.4. The minimum atomic E-state index is -0.324. The molecule has 1 heterocycles. The molecule has 40 heavy (non-hydrogen) atoms. The van der Waals surface area contributed by atoms with E-state index in [1.807, 2.05) is 70.4 Å². The van der Waals surface area contributed by atoms with Crippen molar-refractivity contribution in [3.63, 3.8) is 0 Å². The SMILES string of the molecule is Cc1cc(C)c(CNC(=O)c2cc(-c3ccc(OCCCN(C)C)cc3)cc(NC3CCCC3)c2C=N)c(=O)[nH]1. The molecule has 212 valence electrons. The average molecular weight is 544 g/mol. The fourth-order valence-electron chi connectivity index (χ4n) is 5.25. The van der Waals surface area contributed by atoms with Gasteiger partial charge in [0.2, 0.25) is 0 Å². The minimum Gasteiger partial charge on any atom is -0.494 e. The molecule has 1 aliphatic carbocycles. The number of nitrogens with zero attached hydrogens (tertiary/aromatic N) is 1. The van der Waals surface area contributed by atoms with Crippen LogP contribution in [0.15, 0.2) is 47.3 Å². The summed E-state index contributed by atoms with van der Waals surface area (Å²) >= 11 is 0. The summed E-state index contributed by atoms with van der Waals surface area (Å²) in [6.45, 7) is 5.42. The summed E-state index contributed by atoms with van der Waals surface area (Å²) in [6.07, 6.45) is 6.67. The highest BCUT2D eigenvalue weighted by Crippen LogP contribution is 2.32. The molecule has 0 spiro atoms. The molecule has 0 radical (unpaired) electrons. The average Bonchev–Trinajstić information content (AvgIpc) is 3.43. The van der Waals surface area contributed by atoms with Gasteiger partial charge in [0.25, 0.3) is 11.5 Å². The van der Waals surface area contributed by atoms with Crippen LogP contribution in [0.5, 0.6) is 5.75 Å². The summed E-state index contributed by atoms with van der Waals surface area (Å²) in [6, 6.07) is 14.0. The van der Waals surface area contributed by atoms with Gasteiger partial charge in [-0.15, -0.1) is 0 Å². The first-order chi connectivity index (χ1) is 19.2. The van der Waals surface area contributed by atoms with Gasteiger partial charge in [-0.1, -0.05) is 25.0 Å². The fraction of sp³-hybridized carbons (Fsp3) is 0.406. The van der Waals surface area contributed by atoms with Gasteiger partial charge in [-0.05, 0) is 94.2 Å². The van der Waals surface area contributed by atoms with Crippen LogP contribution in [0.2, 0.25) is 0 Å². The highest BCUT2D eigenvalue weighted by molar-refractivity contribution is 6.06. The Balaban J connectivity index is 1.61. The third-order valence-corrected chi connectivity index (χ3v) is 7.41. The lowest BCUT2D eigenvalue weighted by atomic mass is 9.96. The standard InChI is InChI=1S/C32H41N5O3/c1-21-16-22(2)35-32(39)29(21)20-34-31(38)27-17-24(18-30(28(27)19-33)36-25-8-5-6-9-25)23-10-12-26(13-11-23)40-15-7-14-37(3)4/h10-13,16-19,25,33,36H,5-9,14-15,20H2,1-4H3,(H,34,38)(H,35,39). The van der Waals surface area contributed by atoms with Crippen molar-refractivity contribution < 1.29 is 9.53 Å². The molecular formula is C32H41N5O3. The van der Waals surface area contributed by atoms with Crippen LogP contribution >= 0.6 is 0 Å². The van der Waals surface area contributed by atoms with Gasteiger partial charge in [0.05, 0.1) is 12.2 Å². The van der Waals surface area contributed by atoms with Crippen molar-refractivity contribution in [2.24, 2.45) is 0 Å². The van der Waals surface area contributed by atoms with E-state index in [0.717, 1.165) is 59.6 Å². The Morgan fingerprint density at radius 3 is 2.48 bits per heavy atom. The first-order valence-electron chi connectivity index (χ1n) is 14.1. The van der Waals surface area contributed by atoms with Crippen LogP contribution < -0.4 is 20.9 Å². The van der Waals surface area contributed by atoms with Gasteiger partial charge >= 0.3 is 0 Å². The molecule has 0 saturated heterocycles. The maximum Gasteiger partial charge on any atom is 0.253 e. The van der Waals surface area contributed by atoms with Crippen LogP contribution in [0.1, 0.15) is 64.8 Å². The van der Waals surface area contributed by atoms with Crippen molar-refractivity contribution in [3.05, 3.63) is 80.8 Å². The number of hydrogen-bond acceptors (Lipinski definition) is 6. The van der Waals surface area contributed by atoms with E-state index >= 15 is 0 Å². The highest BCUT2D eigenvalue weighted by atomic mass is 16.5. The van der Waals surface area contributed by atoms with E-state index in [1.165, 1.54) is 19.1 Å². The van der Waals surface area contributed by atoms with Crippen molar-refractivity contribution in [1.29, 1.82) is 5.41 Å². The lowest BCUT2D eigenvalue weighted by Crippen LogP contribution is -2.29. The Kier molecular flexibility index (Phi) is 9.77. The van der Waals surface area contributed by atoms with E-state index in [2.05, 4.69) is 20.5 Å². The topological polar surface area (TPSA) is 110 Å². The molecular weight excluding hydrogens is 502 g/mol. The number of pyridine rings is 1. The van der Waals surface area contributed by atoms with Gasteiger partial charge in [0, 0.05) is 47.9 Å². The van der Waals surface area contributed by atoms with E-state index in [1.54, 1.807) is 0 Å². The predicted molar refractivity (Wildman–Crippen MR) is 162 cm³/mol. The van der Waals surface area contributed by atoms with E-state index in [-0.39, 0.29) is 18.0 Å². The molecule has 4 N–H and O–H groups in total. The number of rotatable bonds is 12. The van der Waals surface area contributed by atoms with Crippen LogP contribution in [0, 0.1) is 19.3 Å². The molecule has 2 aromatic carbocycles. The zero-order chi connectivity index (χ0) is 28.6. The number of aromatic amines is 1. The summed E-state index contributed by atoms with van der Waals surface area (Å²) in [4.78, 5) is 31.0. The number of anilines is 1. The zero-order valence-corrected chi connectivity index (χ0v) is 24.0. The molecule has 0 aliphatic heterocycles. The lowest BCUT2D eigenvalue weighted by Gasteiger charge is -2.20. The quantitative estimate of drug-likeness (QED) is 0.184. The Hall–Kier alpha value is -3.91. The second-order valence-electron chi connectivity index (χ2n) is 10.9. The van der Waals surface area contributed by atoms with E-state index < -0.39 is 0 Å².